The minimum absolute atomic E-state index is 0. The van der Waals surface area contributed by atoms with Crippen LogP contribution in [0.15, 0.2) is 18.2 Å². The highest BCUT2D eigenvalue weighted by atomic mass is 35.5. The van der Waals surface area contributed by atoms with Gasteiger partial charge in [0.1, 0.15) is 11.6 Å². The largest absolute Gasteiger partial charge is 0.352 e. The third kappa shape index (κ3) is 7.38. The van der Waals surface area contributed by atoms with E-state index in [4.69, 9.17) is 5.73 Å². The highest BCUT2D eigenvalue weighted by molar-refractivity contribution is 5.94. The van der Waals surface area contributed by atoms with Gasteiger partial charge in [-0.25, -0.2) is 8.78 Å². The summed E-state index contributed by atoms with van der Waals surface area (Å²) in [6, 6.07) is 2.74. The first-order valence-corrected chi connectivity index (χ1v) is 6.99. The molecule has 0 aliphatic carbocycles. The first-order valence-electron chi connectivity index (χ1n) is 6.99. The number of nitrogens with one attached hydrogen (secondary N) is 2. The number of nitrogens with two attached hydrogens (primary N) is 1. The quantitative estimate of drug-likeness (QED) is 0.656. The Labute approximate surface area is 140 Å². The molecule has 1 aromatic rings. The average Bonchev–Trinajstić information content (AvgIpc) is 2.43. The molecule has 0 aliphatic rings. The van der Waals surface area contributed by atoms with E-state index in [-0.39, 0.29) is 36.8 Å². The van der Waals surface area contributed by atoms with Crippen molar-refractivity contribution in [1.29, 1.82) is 0 Å². The first kappa shape index (κ1) is 21.3. The van der Waals surface area contributed by atoms with Crippen LogP contribution in [-0.4, -0.2) is 30.4 Å². The molecule has 0 unspecified atom stereocenters. The number of amides is 2. The van der Waals surface area contributed by atoms with Crippen LogP contribution in [0.5, 0.6) is 0 Å². The molecule has 8 heteroatoms. The number of rotatable bonds is 7. The van der Waals surface area contributed by atoms with E-state index < -0.39 is 23.1 Å². The van der Waals surface area contributed by atoms with Crippen molar-refractivity contribution < 1.29 is 18.4 Å². The third-order valence-electron chi connectivity index (χ3n) is 3.03. The minimum Gasteiger partial charge on any atom is -0.352 e. The number of halogens is 3. The van der Waals surface area contributed by atoms with Gasteiger partial charge in [-0.2, -0.15) is 0 Å². The van der Waals surface area contributed by atoms with Gasteiger partial charge < -0.3 is 16.4 Å². The summed E-state index contributed by atoms with van der Waals surface area (Å²) in [7, 11) is 0. The Kier molecular flexibility index (Phi) is 8.71. The summed E-state index contributed by atoms with van der Waals surface area (Å²) < 4.78 is 26.1. The zero-order valence-electron chi connectivity index (χ0n) is 13.1. The number of hydrogen-bond acceptors (Lipinski definition) is 3. The van der Waals surface area contributed by atoms with Crippen LogP contribution < -0.4 is 16.4 Å². The Balaban J connectivity index is 0.00000484. The van der Waals surface area contributed by atoms with E-state index in [9.17, 15) is 18.4 Å². The molecule has 23 heavy (non-hydrogen) atoms. The standard InChI is InChI=1S/C15H21F2N3O2.ClH/c1-15(2,9-18)20-13(21)4-3-7-19-14(22)11-6-5-10(16)8-12(11)17;/h5-6,8H,3-4,7,9,18H2,1-2H3,(H,19,22)(H,20,21);1H. The molecular weight excluding hydrogens is 328 g/mol. The molecule has 0 bridgehead atoms. The van der Waals surface area contributed by atoms with Crippen molar-refractivity contribution in [1.82, 2.24) is 10.6 Å². The van der Waals surface area contributed by atoms with Gasteiger partial charge in [-0.15, -0.1) is 12.4 Å². The lowest BCUT2D eigenvalue weighted by Gasteiger charge is -2.24. The highest BCUT2D eigenvalue weighted by Gasteiger charge is 2.18. The summed E-state index contributed by atoms with van der Waals surface area (Å²) >= 11 is 0. The molecule has 1 rings (SSSR count). The average molecular weight is 350 g/mol. The monoisotopic (exact) mass is 349 g/mol. The minimum atomic E-state index is -0.917. The molecule has 2 amide bonds. The molecule has 0 fully saturated rings. The Morgan fingerprint density at radius 3 is 2.48 bits per heavy atom. The zero-order chi connectivity index (χ0) is 16.8. The maximum atomic E-state index is 13.4. The van der Waals surface area contributed by atoms with E-state index in [1.54, 1.807) is 0 Å². The topological polar surface area (TPSA) is 84.2 Å². The van der Waals surface area contributed by atoms with E-state index in [2.05, 4.69) is 10.6 Å². The van der Waals surface area contributed by atoms with Crippen LogP contribution in [0.3, 0.4) is 0 Å². The predicted octanol–water partition coefficient (Wildman–Crippen LogP) is 1.75. The van der Waals surface area contributed by atoms with Crippen molar-refractivity contribution in [2.24, 2.45) is 5.73 Å². The van der Waals surface area contributed by atoms with Crippen molar-refractivity contribution >= 4 is 24.2 Å². The second-order valence-electron chi connectivity index (χ2n) is 5.62. The molecule has 0 heterocycles. The van der Waals surface area contributed by atoms with E-state index in [1.165, 1.54) is 0 Å². The van der Waals surface area contributed by atoms with Gasteiger partial charge in [0.15, 0.2) is 0 Å². The number of benzene rings is 1. The number of carbonyl (C=O) groups is 2. The smallest absolute Gasteiger partial charge is 0.254 e. The van der Waals surface area contributed by atoms with Gasteiger partial charge >= 0.3 is 0 Å². The van der Waals surface area contributed by atoms with Crippen molar-refractivity contribution in [3.05, 3.63) is 35.4 Å². The summed E-state index contributed by atoms with van der Waals surface area (Å²) in [5.41, 5.74) is 4.80. The molecule has 0 spiro atoms. The molecule has 0 aliphatic heterocycles. The second-order valence-corrected chi connectivity index (χ2v) is 5.62. The molecular formula is C15H22ClF2N3O2. The molecule has 4 N–H and O–H groups in total. The van der Waals surface area contributed by atoms with Crippen molar-refractivity contribution in [3.8, 4) is 0 Å². The zero-order valence-corrected chi connectivity index (χ0v) is 13.9. The van der Waals surface area contributed by atoms with Crippen LogP contribution in [0.2, 0.25) is 0 Å². The Morgan fingerprint density at radius 1 is 1.26 bits per heavy atom. The maximum absolute atomic E-state index is 13.4. The third-order valence-corrected chi connectivity index (χ3v) is 3.03. The maximum Gasteiger partial charge on any atom is 0.254 e. The predicted molar refractivity (Wildman–Crippen MR) is 86.4 cm³/mol. The van der Waals surface area contributed by atoms with Crippen LogP contribution in [0.25, 0.3) is 0 Å². The van der Waals surface area contributed by atoms with Gasteiger partial charge in [-0.3, -0.25) is 9.59 Å². The molecule has 0 aromatic heterocycles. The van der Waals surface area contributed by atoms with Crippen LogP contribution in [0.1, 0.15) is 37.0 Å². The summed E-state index contributed by atoms with van der Waals surface area (Å²) in [6.07, 6.45) is 0.622. The van der Waals surface area contributed by atoms with Crippen LogP contribution in [-0.2, 0) is 4.79 Å². The van der Waals surface area contributed by atoms with Gasteiger partial charge in [0.2, 0.25) is 5.91 Å². The van der Waals surface area contributed by atoms with Crippen molar-refractivity contribution in [2.75, 3.05) is 13.1 Å². The molecule has 0 atom stereocenters. The molecule has 5 nitrogen and oxygen atoms in total. The van der Waals surface area contributed by atoms with Gasteiger partial charge in [-0.1, -0.05) is 0 Å². The molecule has 1 aromatic carbocycles. The lowest BCUT2D eigenvalue weighted by Crippen LogP contribution is -2.48. The molecule has 0 saturated carbocycles. The van der Waals surface area contributed by atoms with Gasteiger partial charge in [-0.05, 0) is 32.4 Å². The first-order chi connectivity index (χ1) is 10.2. The normalized spacial score (nSPS) is 10.7. The lowest BCUT2D eigenvalue weighted by atomic mass is 10.1. The molecule has 0 radical (unpaired) electrons. The van der Waals surface area contributed by atoms with E-state index in [0.717, 1.165) is 12.1 Å². The summed E-state index contributed by atoms with van der Waals surface area (Å²) in [6.45, 7) is 4.15. The molecule has 0 saturated heterocycles. The van der Waals surface area contributed by atoms with E-state index in [1.807, 2.05) is 13.8 Å². The van der Waals surface area contributed by atoms with E-state index in [0.29, 0.717) is 19.0 Å². The van der Waals surface area contributed by atoms with E-state index >= 15 is 0 Å². The number of carbonyl (C=O) groups excluding carboxylic acids is 2. The number of hydrogen-bond donors (Lipinski definition) is 3. The van der Waals surface area contributed by atoms with Crippen LogP contribution >= 0.6 is 12.4 Å². The van der Waals surface area contributed by atoms with Crippen LogP contribution in [0, 0.1) is 11.6 Å². The fourth-order valence-electron chi connectivity index (χ4n) is 1.71. The molecule has 130 valence electrons. The fourth-order valence-corrected chi connectivity index (χ4v) is 1.71. The Bertz CT molecular complexity index is 554. The summed E-state index contributed by atoms with van der Waals surface area (Å²) in [5, 5.41) is 5.25. The Morgan fingerprint density at radius 2 is 1.91 bits per heavy atom. The van der Waals surface area contributed by atoms with Crippen LogP contribution in [0.4, 0.5) is 8.78 Å². The van der Waals surface area contributed by atoms with Crippen molar-refractivity contribution in [2.45, 2.75) is 32.2 Å². The van der Waals surface area contributed by atoms with Gasteiger partial charge in [0, 0.05) is 31.1 Å². The second kappa shape index (κ2) is 9.42. The Hall–Kier alpha value is -1.73. The van der Waals surface area contributed by atoms with Gasteiger partial charge in [0.25, 0.3) is 5.91 Å². The fraction of sp³-hybridized carbons (Fsp3) is 0.467. The SMILES string of the molecule is CC(C)(CN)NC(=O)CCCNC(=O)c1ccc(F)cc1F.Cl. The summed E-state index contributed by atoms with van der Waals surface area (Å²) in [4.78, 5) is 23.3. The van der Waals surface area contributed by atoms with Gasteiger partial charge in [0.05, 0.1) is 5.56 Å². The highest BCUT2D eigenvalue weighted by Crippen LogP contribution is 2.09. The van der Waals surface area contributed by atoms with Crippen molar-refractivity contribution in [3.63, 3.8) is 0 Å². The lowest BCUT2D eigenvalue weighted by molar-refractivity contribution is -0.122. The summed E-state index contributed by atoms with van der Waals surface area (Å²) in [5.74, 6) is -2.47.